The molecule has 0 radical (unpaired) electrons. The van der Waals surface area contributed by atoms with Gasteiger partial charge in [-0.1, -0.05) is 35.6 Å². The molecule has 0 saturated heterocycles. The summed E-state index contributed by atoms with van der Waals surface area (Å²) in [6, 6.07) is 15.1. The van der Waals surface area contributed by atoms with Crippen LogP contribution in [-0.2, 0) is 0 Å². The summed E-state index contributed by atoms with van der Waals surface area (Å²) < 4.78 is 0. The van der Waals surface area contributed by atoms with Gasteiger partial charge in [0.15, 0.2) is 0 Å². The molecule has 0 aliphatic heterocycles. The van der Waals surface area contributed by atoms with Gasteiger partial charge in [-0.15, -0.1) is 0 Å². The Hall–Kier alpha value is -2.98. The SMILES string of the molecule is Cc1cc(C)c(C#Cc2ccc(-c3cc(C)c(N=C=S)c(C)c3)c(C)c2)c(C)c1. The molecule has 0 aliphatic carbocycles. The smallest absolute Gasteiger partial charge is 0.0798 e. The predicted octanol–water partition coefficient (Wildman–Crippen LogP) is 7.34. The standard InChI is InChI=1S/C27H25NS/c1-17-11-18(2)25(19(3)12-17)9-7-23-8-10-26(20(4)13-23)24-14-21(5)27(28-16-29)22(6)15-24/h8,10-15H,1-6H3. The molecular formula is C27H25NS. The summed E-state index contributed by atoms with van der Waals surface area (Å²) in [5.41, 5.74) is 12.6. The van der Waals surface area contributed by atoms with Crippen molar-refractivity contribution in [2.45, 2.75) is 41.5 Å². The van der Waals surface area contributed by atoms with E-state index >= 15 is 0 Å². The first kappa shape index (κ1) is 20.7. The van der Waals surface area contributed by atoms with Crippen molar-refractivity contribution < 1.29 is 0 Å². The summed E-state index contributed by atoms with van der Waals surface area (Å²) in [6.45, 7) is 12.6. The van der Waals surface area contributed by atoms with Gasteiger partial charge in [0.2, 0.25) is 0 Å². The molecule has 0 heterocycles. The molecule has 3 aromatic carbocycles. The zero-order valence-electron chi connectivity index (χ0n) is 17.9. The van der Waals surface area contributed by atoms with E-state index in [0.29, 0.717) is 0 Å². The molecule has 0 unspecified atom stereocenters. The van der Waals surface area contributed by atoms with Gasteiger partial charge in [0.1, 0.15) is 0 Å². The maximum atomic E-state index is 4.77. The first-order valence-electron chi connectivity index (χ1n) is 9.70. The molecule has 0 N–H and O–H groups in total. The Balaban J connectivity index is 1.98. The van der Waals surface area contributed by atoms with Crippen LogP contribution in [0.3, 0.4) is 0 Å². The maximum absolute atomic E-state index is 4.77. The van der Waals surface area contributed by atoms with Gasteiger partial charge in [0.05, 0.1) is 10.8 Å². The lowest BCUT2D eigenvalue weighted by Crippen LogP contribution is -1.91. The molecule has 2 heteroatoms. The number of thiocarbonyl (C=S) groups is 1. The van der Waals surface area contributed by atoms with E-state index in [0.717, 1.165) is 27.9 Å². The number of aliphatic imine (C=N–C) groups is 1. The third-order valence-corrected chi connectivity index (χ3v) is 5.29. The Kier molecular flexibility index (Phi) is 6.14. The minimum Gasteiger partial charge on any atom is -0.194 e. The lowest BCUT2D eigenvalue weighted by Gasteiger charge is -2.11. The zero-order valence-corrected chi connectivity index (χ0v) is 18.7. The van der Waals surface area contributed by atoms with Gasteiger partial charge in [0, 0.05) is 11.1 Å². The summed E-state index contributed by atoms with van der Waals surface area (Å²) in [5, 5.41) is 2.48. The maximum Gasteiger partial charge on any atom is 0.0798 e. The van der Waals surface area contributed by atoms with Crippen molar-refractivity contribution in [1.82, 2.24) is 0 Å². The van der Waals surface area contributed by atoms with E-state index in [4.69, 9.17) is 12.2 Å². The molecule has 0 amide bonds. The quantitative estimate of drug-likeness (QED) is 0.251. The van der Waals surface area contributed by atoms with Gasteiger partial charge in [-0.25, -0.2) is 0 Å². The topological polar surface area (TPSA) is 12.4 Å². The van der Waals surface area contributed by atoms with Crippen molar-refractivity contribution in [3.8, 4) is 23.0 Å². The van der Waals surface area contributed by atoms with Crippen LogP contribution < -0.4 is 0 Å². The number of nitrogens with zero attached hydrogens (tertiary/aromatic N) is 1. The molecule has 0 saturated carbocycles. The van der Waals surface area contributed by atoms with Crippen molar-refractivity contribution in [2.24, 2.45) is 4.99 Å². The van der Waals surface area contributed by atoms with Gasteiger partial charge < -0.3 is 0 Å². The fourth-order valence-electron chi connectivity index (χ4n) is 3.91. The van der Waals surface area contributed by atoms with Crippen LogP contribution in [0.4, 0.5) is 5.69 Å². The van der Waals surface area contributed by atoms with E-state index in [9.17, 15) is 0 Å². The third-order valence-electron chi connectivity index (χ3n) is 5.19. The number of hydrogen-bond acceptors (Lipinski definition) is 2. The van der Waals surface area contributed by atoms with Crippen molar-refractivity contribution in [1.29, 1.82) is 0 Å². The van der Waals surface area contributed by atoms with Crippen LogP contribution in [0, 0.1) is 53.4 Å². The average molecular weight is 396 g/mol. The van der Waals surface area contributed by atoms with E-state index in [1.807, 2.05) is 0 Å². The second-order valence-electron chi connectivity index (χ2n) is 7.72. The van der Waals surface area contributed by atoms with Crippen molar-refractivity contribution >= 4 is 23.1 Å². The summed E-state index contributed by atoms with van der Waals surface area (Å²) >= 11 is 4.77. The first-order valence-corrected chi connectivity index (χ1v) is 10.1. The highest BCUT2D eigenvalue weighted by atomic mass is 32.1. The fraction of sp³-hybridized carbons (Fsp3) is 0.222. The molecule has 1 nitrogen and oxygen atoms in total. The number of hydrogen-bond donors (Lipinski definition) is 0. The monoisotopic (exact) mass is 395 g/mol. The molecular weight excluding hydrogens is 370 g/mol. The first-order chi connectivity index (χ1) is 13.8. The highest BCUT2D eigenvalue weighted by Crippen LogP contribution is 2.32. The van der Waals surface area contributed by atoms with E-state index in [2.05, 4.69) is 106 Å². The summed E-state index contributed by atoms with van der Waals surface area (Å²) in [7, 11) is 0. The second kappa shape index (κ2) is 8.58. The summed E-state index contributed by atoms with van der Waals surface area (Å²) in [5.74, 6) is 6.72. The molecule has 0 atom stereocenters. The number of benzene rings is 3. The molecule has 29 heavy (non-hydrogen) atoms. The molecule has 0 spiro atoms. The number of rotatable bonds is 2. The largest absolute Gasteiger partial charge is 0.194 e. The average Bonchev–Trinajstić information content (AvgIpc) is 2.63. The van der Waals surface area contributed by atoms with Crippen LogP contribution in [0.25, 0.3) is 11.1 Å². The Labute approximate surface area is 179 Å². The minimum atomic E-state index is 0.910. The highest BCUT2D eigenvalue weighted by Gasteiger charge is 2.08. The van der Waals surface area contributed by atoms with Gasteiger partial charge >= 0.3 is 0 Å². The Morgan fingerprint density at radius 2 is 1.31 bits per heavy atom. The van der Waals surface area contributed by atoms with Gasteiger partial charge in [-0.3, -0.25) is 0 Å². The van der Waals surface area contributed by atoms with Crippen LogP contribution in [0.2, 0.25) is 0 Å². The predicted molar refractivity (Wildman–Crippen MR) is 127 cm³/mol. The van der Waals surface area contributed by atoms with Crippen LogP contribution in [-0.4, -0.2) is 5.16 Å². The van der Waals surface area contributed by atoms with E-state index < -0.39 is 0 Å². The Morgan fingerprint density at radius 1 is 0.690 bits per heavy atom. The van der Waals surface area contributed by atoms with Crippen LogP contribution in [0.1, 0.15) is 44.5 Å². The molecule has 0 fully saturated rings. The van der Waals surface area contributed by atoms with Crippen LogP contribution >= 0.6 is 12.2 Å². The van der Waals surface area contributed by atoms with Crippen molar-refractivity contribution in [3.63, 3.8) is 0 Å². The van der Waals surface area contributed by atoms with Gasteiger partial charge in [-0.2, -0.15) is 4.99 Å². The summed E-state index contributed by atoms with van der Waals surface area (Å²) in [6.07, 6.45) is 0. The highest BCUT2D eigenvalue weighted by molar-refractivity contribution is 7.78. The lowest BCUT2D eigenvalue weighted by atomic mass is 9.94. The van der Waals surface area contributed by atoms with Gasteiger partial charge in [0.25, 0.3) is 0 Å². The molecule has 0 aliphatic rings. The molecule has 0 bridgehead atoms. The number of aryl methyl sites for hydroxylation is 6. The van der Waals surface area contributed by atoms with E-state index in [-0.39, 0.29) is 0 Å². The molecule has 3 aromatic rings. The normalized spacial score (nSPS) is 10.1. The molecule has 0 aromatic heterocycles. The Morgan fingerprint density at radius 3 is 1.86 bits per heavy atom. The van der Waals surface area contributed by atoms with Crippen molar-refractivity contribution in [3.05, 3.63) is 87.0 Å². The third kappa shape index (κ3) is 4.54. The van der Waals surface area contributed by atoms with Crippen LogP contribution in [0.15, 0.2) is 47.5 Å². The fourth-order valence-corrected chi connectivity index (χ4v) is 4.00. The molecule has 144 valence electrons. The van der Waals surface area contributed by atoms with Gasteiger partial charge in [-0.05, 0) is 117 Å². The minimum absolute atomic E-state index is 0.910. The lowest BCUT2D eigenvalue weighted by molar-refractivity contribution is 1.30. The van der Waals surface area contributed by atoms with E-state index in [1.165, 1.54) is 33.4 Å². The van der Waals surface area contributed by atoms with E-state index in [1.54, 1.807) is 0 Å². The Bertz CT molecular complexity index is 1170. The summed E-state index contributed by atoms with van der Waals surface area (Å²) in [4.78, 5) is 4.20. The number of isothiocyanates is 1. The zero-order chi connectivity index (χ0) is 21.1. The van der Waals surface area contributed by atoms with Crippen molar-refractivity contribution in [2.75, 3.05) is 0 Å². The molecule has 3 rings (SSSR count). The van der Waals surface area contributed by atoms with Crippen LogP contribution in [0.5, 0.6) is 0 Å². The second-order valence-corrected chi connectivity index (χ2v) is 7.90.